The summed E-state index contributed by atoms with van der Waals surface area (Å²) in [6.45, 7) is 3.85. The summed E-state index contributed by atoms with van der Waals surface area (Å²) in [5.74, 6) is -1.93. The summed E-state index contributed by atoms with van der Waals surface area (Å²) in [4.78, 5) is 22.1. The minimum Gasteiger partial charge on any atom is -0.351 e. The molecule has 0 aromatic carbocycles. The normalized spacial score (nSPS) is 20.2. The van der Waals surface area contributed by atoms with Crippen LogP contribution in [-0.4, -0.2) is 50.8 Å². The van der Waals surface area contributed by atoms with Crippen molar-refractivity contribution in [1.82, 2.24) is 25.1 Å². The Kier molecular flexibility index (Phi) is 5.30. The average molecular weight is 450 g/mol. The van der Waals surface area contributed by atoms with Gasteiger partial charge in [0.05, 0.1) is 10.9 Å². The van der Waals surface area contributed by atoms with E-state index in [4.69, 9.17) is 5.10 Å². The molecule has 3 fully saturated rings. The Hall–Kier alpha value is -2.85. The quantitative estimate of drug-likeness (QED) is 0.637. The summed E-state index contributed by atoms with van der Waals surface area (Å²) in [6.07, 6.45) is 2.81. The van der Waals surface area contributed by atoms with Gasteiger partial charge in [-0.15, -0.1) is 17.5 Å². The molecule has 164 valence electrons. The maximum atomic E-state index is 13.9. The summed E-state index contributed by atoms with van der Waals surface area (Å²) in [5.41, 5.74) is 0.310. The second kappa shape index (κ2) is 7.69. The van der Waals surface area contributed by atoms with Crippen LogP contribution in [-0.2, 0) is 10.7 Å². The number of fused-ring (bicyclic) bond motifs is 3. The highest BCUT2D eigenvalue weighted by atomic mass is 35.5. The fourth-order valence-electron chi connectivity index (χ4n) is 4.12. The van der Waals surface area contributed by atoms with Crippen LogP contribution in [0.2, 0.25) is 0 Å². The van der Waals surface area contributed by atoms with Crippen LogP contribution in [0, 0.1) is 0 Å². The van der Waals surface area contributed by atoms with Gasteiger partial charge in [-0.1, -0.05) is 6.07 Å². The number of amides is 1. The maximum Gasteiger partial charge on any atom is 0.287 e. The molecule has 8 nitrogen and oxygen atoms in total. The van der Waals surface area contributed by atoms with Gasteiger partial charge in [-0.2, -0.15) is 8.78 Å². The molecule has 3 aromatic heterocycles. The maximum absolute atomic E-state index is 13.9. The molecule has 3 aliphatic rings. The van der Waals surface area contributed by atoms with Crippen LogP contribution in [0.4, 0.5) is 20.4 Å². The molecule has 3 saturated heterocycles. The second-order valence-corrected chi connectivity index (χ2v) is 7.97. The molecule has 6 rings (SSSR count). The molecule has 2 atom stereocenters. The van der Waals surface area contributed by atoms with Crippen molar-refractivity contribution in [1.29, 1.82) is 0 Å². The largest absolute Gasteiger partial charge is 0.351 e. The van der Waals surface area contributed by atoms with Crippen LogP contribution < -0.4 is 15.5 Å². The molecule has 0 spiro atoms. The Balaban J connectivity index is 0.00000231. The van der Waals surface area contributed by atoms with E-state index in [0.717, 1.165) is 37.6 Å². The Morgan fingerprint density at radius 3 is 2.65 bits per heavy atom. The molecule has 11 heteroatoms. The second-order valence-electron chi connectivity index (χ2n) is 7.97. The van der Waals surface area contributed by atoms with Gasteiger partial charge in [0.2, 0.25) is 5.91 Å². The number of nitrogens with one attached hydrogen (secondary N) is 2. The van der Waals surface area contributed by atoms with E-state index in [-0.39, 0.29) is 29.8 Å². The predicted octanol–water partition coefficient (Wildman–Crippen LogP) is 2.86. The Morgan fingerprint density at radius 2 is 2.00 bits per heavy atom. The van der Waals surface area contributed by atoms with Crippen molar-refractivity contribution in [2.45, 2.75) is 38.3 Å². The summed E-state index contributed by atoms with van der Waals surface area (Å²) < 4.78 is 29.2. The Labute approximate surface area is 183 Å². The molecule has 3 aromatic rings. The third kappa shape index (κ3) is 3.92. The molecule has 0 radical (unpaired) electrons. The van der Waals surface area contributed by atoms with E-state index in [1.165, 1.54) is 19.1 Å². The number of piperidine rings is 1. The van der Waals surface area contributed by atoms with Crippen LogP contribution in [0.15, 0.2) is 30.5 Å². The van der Waals surface area contributed by atoms with E-state index in [9.17, 15) is 13.6 Å². The van der Waals surface area contributed by atoms with Gasteiger partial charge in [-0.05, 0) is 18.6 Å². The fourth-order valence-corrected chi connectivity index (χ4v) is 4.12. The molecule has 6 heterocycles. The van der Waals surface area contributed by atoms with Gasteiger partial charge < -0.3 is 15.5 Å². The van der Waals surface area contributed by atoms with E-state index < -0.39 is 5.92 Å². The summed E-state index contributed by atoms with van der Waals surface area (Å²) in [5, 5.41) is 11.7. The monoisotopic (exact) mass is 449 g/mol. The van der Waals surface area contributed by atoms with Crippen LogP contribution in [0.3, 0.4) is 0 Å². The van der Waals surface area contributed by atoms with Crippen molar-refractivity contribution in [3.8, 4) is 5.82 Å². The van der Waals surface area contributed by atoms with Gasteiger partial charge in [-0.3, -0.25) is 4.79 Å². The van der Waals surface area contributed by atoms with Crippen LogP contribution in [0.5, 0.6) is 0 Å². The lowest BCUT2D eigenvalue weighted by Crippen LogP contribution is -2.67. The molecule has 0 aliphatic carbocycles. The number of nitrogens with zero attached hydrogens (tertiary/aromatic N) is 5. The van der Waals surface area contributed by atoms with Gasteiger partial charge in [0, 0.05) is 51.3 Å². The van der Waals surface area contributed by atoms with Crippen molar-refractivity contribution in [2.75, 3.05) is 23.3 Å². The molecule has 31 heavy (non-hydrogen) atoms. The molecule has 2 N–H and O–H groups in total. The highest BCUT2D eigenvalue weighted by Crippen LogP contribution is 2.33. The highest BCUT2D eigenvalue weighted by molar-refractivity contribution is 5.95. The summed E-state index contributed by atoms with van der Waals surface area (Å²) in [7, 11) is 0. The van der Waals surface area contributed by atoms with Gasteiger partial charge in [0.15, 0.2) is 11.6 Å². The van der Waals surface area contributed by atoms with Crippen molar-refractivity contribution in [3.05, 3.63) is 36.2 Å². The smallest absolute Gasteiger partial charge is 0.287 e. The molecule has 0 saturated carbocycles. The number of rotatable bonds is 4. The van der Waals surface area contributed by atoms with Crippen molar-refractivity contribution >= 4 is 40.9 Å². The van der Waals surface area contributed by atoms with Crippen LogP contribution in [0.1, 0.15) is 26.0 Å². The molecule has 2 bridgehead atoms. The topological polar surface area (TPSA) is 88.0 Å². The van der Waals surface area contributed by atoms with Gasteiger partial charge in [0.25, 0.3) is 5.92 Å². The third-order valence-electron chi connectivity index (χ3n) is 5.47. The first kappa shape index (κ1) is 21.4. The van der Waals surface area contributed by atoms with Gasteiger partial charge >= 0.3 is 0 Å². The number of hydrogen-bond donors (Lipinski definition) is 2. The number of halogens is 3. The lowest BCUT2D eigenvalue weighted by atomic mass is 9.91. The summed E-state index contributed by atoms with van der Waals surface area (Å²) >= 11 is 0. The first-order valence-electron chi connectivity index (χ1n) is 9.81. The zero-order valence-electron chi connectivity index (χ0n) is 17.0. The van der Waals surface area contributed by atoms with Crippen molar-refractivity contribution in [3.63, 3.8) is 0 Å². The Bertz CT molecular complexity index is 1130. The van der Waals surface area contributed by atoms with Crippen LogP contribution >= 0.6 is 12.4 Å². The van der Waals surface area contributed by atoms with Gasteiger partial charge in [0.1, 0.15) is 11.5 Å². The number of pyridine rings is 2. The standard InChI is InChI=1S/C20H21F2N7O.ClH/c1-11(30)24-17-7-15-14(8-23-17)19(28-9-12-6-13(10-28)25-12)27-29(15)18-5-3-4-16(26-18)20(2,21)22;/h3-5,7-8,12-13,25H,6,9-10H2,1-2H3,(H,23,24,30);1H. The number of anilines is 2. The number of piperazine rings is 1. The first-order chi connectivity index (χ1) is 14.3. The van der Waals surface area contributed by atoms with E-state index >= 15 is 0 Å². The molecule has 2 unspecified atom stereocenters. The minimum absolute atomic E-state index is 0. The lowest BCUT2D eigenvalue weighted by molar-refractivity contribution is -0.114. The van der Waals surface area contributed by atoms with Crippen molar-refractivity contribution < 1.29 is 13.6 Å². The molecule has 3 aliphatic heterocycles. The van der Waals surface area contributed by atoms with E-state index in [1.807, 2.05) is 0 Å². The number of alkyl halides is 2. The van der Waals surface area contributed by atoms with Crippen molar-refractivity contribution in [2.24, 2.45) is 0 Å². The zero-order chi connectivity index (χ0) is 21.0. The number of carbonyl (C=O) groups is 1. The molecular formula is C20H22ClF2N7O. The van der Waals surface area contributed by atoms with Gasteiger partial charge in [-0.25, -0.2) is 14.6 Å². The molecular weight excluding hydrogens is 428 g/mol. The lowest BCUT2D eigenvalue weighted by Gasteiger charge is -2.48. The molecule has 1 amide bonds. The number of hydrogen-bond acceptors (Lipinski definition) is 6. The Morgan fingerprint density at radius 1 is 1.29 bits per heavy atom. The van der Waals surface area contributed by atoms with E-state index in [1.54, 1.807) is 23.0 Å². The van der Waals surface area contributed by atoms with E-state index in [2.05, 4.69) is 25.5 Å². The first-order valence-corrected chi connectivity index (χ1v) is 9.81. The third-order valence-corrected chi connectivity index (χ3v) is 5.47. The zero-order valence-corrected chi connectivity index (χ0v) is 17.8. The number of aromatic nitrogens is 4. The fraction of sp³-hybridized carbons (Fsp3) is 0.400. The van der Waals surface area contributed by atoms with E-state index in [0.29, 0.717) is 23.4 Å². The average Bonchev–Trinajstić information content (AvgIpc) is 3.05. The van der Waals surface area contributed by atoms with Crippen LogP contribution in [0.25, 0.3) is 16.7 Å². The number of carbonyl (C=O) groups excluding carboxylic acids is 1. The SMILES string of the molecule is CC(=O)Nc1cc2c(cn1)c(N1CC3CC(C1)N3)nn2-c1cccc(C(C)(F)F)n1.Cl. The highest BCUT2D eigenvalue weighted by Gasteiger charge is 2.38. The predicted molar refractivity (Wildman–Crippen MR) is 115 cm³/mol. The minimum atomic E-state index is -3.06. The summed E-state index contributed by atoms with van der Waals surface area (Å²) in [6, 6.07) is 7.02.